The Hall–Kier alpha value is -2.07. The summed E-state index contributed by atoms with van der Waals surface area (Å²) in [5, 5.41) is 3.66. The molecule has 0 radical (unpaired) electrons. The standard InChI is InChI=1S/C20H27N3O/c1-22-14-6-5-9-19(22)10-13-21-18-11-15-23(16-12-18)20(24)17-7-3-2-4-8-17/h2-9,18,21H,10-16H2,1H3. The first kappa shape index (κ1) is 16.8. The van der Waals surface area contributed by atoms with Crippen molar-refractivity contribution in [2.24, 2.45) is 0 Å². The first-order chi connectivity index (χ1) is 11.7. The molecule has 0 unspecified atom stereocenters. The summed E-state index contributed by atoms with van der Waals surface area (Å²) in [7, 11) is 2.14. The number of nitrogens with zero attached hydrogens (tertiary/aromatic N) is 2. The summed E-state index contributed by atoms with van der Waals surface area (Å²) in [6.07, 6.45) is 9.65. The van der Waals surface area contributed by atoms with E-state index in [1.54, 1.807) is 0 Å². The molecule has 0 saturated carbocycles. The number of carbonyl (C=O) groups is 1. The molecule has 24 heavy (non-hydrogen) atoms. The van der Waals surface area contributed by atoms with E-state index in [0.29, 0.717) is 6.04 Å². The molecule has 1 N–H and O–H groups in total. The van der Waals surface area contributed by atoms with Gasteiger partial charge in [0.25, 0.3) is 5.91 Å². The molecule has 1 aromatic carbocycles. The van der Waals surface area contributed by atoms with E-state index in [1.807, 2.05) is 35.2 Å². The van der Waals surface area contributed by atoms with Gasteiger partial charge in [-0.1, -0.05) is 30.4 Å². The van der Waals surface area contributed by atoms with E-state index < -0.39 is 0 Å². The molecule has 1 aromatic rings. The van der Waals surface area contributed by atoms with Gasteiger partial charge in [0.2, 0.25) is 0 Å². The van der Waals surface area contributed by atoms with E-state index in [-0.39, 0.29) is 5.91 Å². The largest absolute Gasteiger partial charge is 0.374 e. The molecule has 2 aliphatic rings. The van der Waals surface area contributed by atoms with Crippen molar-refractivity contribution in [3.63, 3.8) is 0 Å². The molecule has 0 spiro atoms. The van der Waals surface area contributed by atoms with Crippen molar-refractivity contribution < 1.29 is 4.79 Å². The maximum absolute atomic E-state index is 12.4. The number of allylic oxidation sites excluding steroid dienone is 2. The molecule has 0 aliphatic carbocycles. The monoisotopic (exact) mass is 325 g/mol. The second-order valence-corrected chi connectivity index (χ2v) is 6.60. The molecule has 0 bridgehead atoms. The van der Waals surface area contributed by atoms with Gasteiger partial charge in [-0.3, -0.25) is 4.79 Å². The Morgan fingerprint density at radius 3 is 2.67 bits per heavy atom. The highest BCUT2D eigenvalue weighted by atomic mass is 16.2. The van der Waals surface area contributed by atoms with Gasteiger partial charge in [-0.25, -0.2) is 0 Å². The van der Waals surface area contributed by atoms with Crippen LogP contribution in [0.4, 0.5) is 0 Å². The molecule has 2 aliphatic heterocycles. The number of rotatable bonds is 5. The Labute approximate surface area is 144 Å². The molecule has 1 saturated heterocycles. The highest BCUT2D eigenvalue weighted by molar-refractivity contribution is 5.94. The minimum absolute atomic E-state index is 0.162. The van der Waals surface area contributed by atoms with E-state index in [4.69, 9.17) is 0 Å². The van der Waals surface area contributed by atoms with Crippen molar-refractivity contribution >= 4 is 5.91 Å². The van der Waals surface area contributed by atoms with Crippen LogP contribution in [0.2, 0.25) is 0 Å². The summed E-state index contributed by atoms with van der Waals surface area (Å²) in [5.74, 6) is 0.162. The second kappa shape index (κ2) is 8.15. The molecule has 4 nitrogen and oxygen atoms in total. The van der Waals surface area contributed by atoms with Gasteiger partial charge >= 0.3 is 0 Å². The number of benzene rings is 1. The fraction of sp³-hybridized carbons (Fsp3) is 0.450. The lowest BCUT2D eigenvalue weighted by Gasteiger charge is -2.33. The summed E-state index contributed by atoms with van der Waals surface area (Å²) in [5.41, 5.74) is 2.19. The van der Waals surface area contributed by atoms with Gasteiger partial charge in [0.05, 0.1) is 0 Å². The third-order valence-electron chi connectivity index (χ3n) is 4.91. The van der Waals surface area contributed by atoms with E-state index in [2.05, 4.69) is 35.5 Å². The van der Waals surface area contributed by atoms with Gasteiger partial charge in [0.15, 0.2) is 0 Å². The topological polar surface area (TPSA) is 35.6 Å². The number of hydrogen-bond donors (Lipinski definition) is 1. The number of likely N-dealkylation sites (N-methyl/N-ethyl adjacent to an activating group) is 1. The van der Waals surface area contributed by atoms with Gasteiger partial charge < -0.3 is 15.1 Å². The van der Waals surface area contributed by atoms with Gasteiger partial charge in [-0.2, -0.15) is 0 Å². The van der Waals surface area contributed by atoms with Crippen molar-refractivity contribution in [1.82, 2.24) is 15.1 Å². The SMILES string of the molecule is CN1CC=CC=C1CCNC1CCN(C(=O)c2ccccc2)CC1. The minimum Gasteiger partial charge on any atom is -0.374 e. The highest BCUT2D eigenvalue weighted by Crippen LogP contribution is 2.15. The van der Waals surface area contributed by atoms with Crippen LogP contribution in [0.5, 0.6) is 0 Å². The normalized spacial score (nSPS) is 18.6. The molecule has 3 rings (SSSR count). The van der Waals surface area contributed by atoms with Gasteiger partial charge in [-0.05, 0) is 37.5 Å². The molecular weight excluding hydrogens is 298 g/mol. The average Bonchev–Trinajstić information content (AvgIpc) is 2.64. The van der Waals surface area contributed by atoms with Crippen LogP contribution in [0.3, 0.4) is 0 Å². The zero-order valence-electron chi connectivity index (χ0n) is 14.4. The number of nitrogens with one attached hydrogen (secondary N) is 1. The van der Waals surface area contributed by atoms with Crippen molar-refractivity contribution in [1.29, 1.82) is 0 Å². The Morgan fingerprint density at radius 1 is 1.21 bits per heavy atom. The Bertz CT molecular complexity index is 601. The van der Waals surface area contributed by atoms with Crippen molar-refractivity contribution in [3.05, 3.63) is 59.8 Å². The summed E-state index contributed by atoms with van der Waals surface area (Å²) in [4.78, 5) is 16.7. The summed E-state index contributed by atoms with van der Waals surface area (Å²) < 4.78 is 0. The Morgan fingerprint density at radius 2 is 1.96 bits per heavy atom. The molecule has 1 fully saturated rings. The predicted octanol–water partition coefficient (Wildman–Crippen LogP) is 2.66. The minimum atomic E-state index is 0.162. The van der Waals surface area contributed by atoms with Crippen LogP contribution in [0.25, 0.3) is 0 Å². The van der Waals surface area contributed by atoms with Crippen LogP contribution in [-0.4, -0.2) is 55.0 Å². The molecule has 4 heteroatoms. The number of carbonyl (C=O) groups excluding carboxylic acids is 1. The van der Waals surface area contributed by atoms with Crippen LogP contribution in [-0.2, 0) is 0 Å². The van der Waals surface area contributed by atoms with Crippen LogP contribution in [0, 0.1) is 0 Å². The lowest BCUT2D eigenvalue weighted by atomic mass is 10.0. The van der Waals surface area contributed by atoms with Gasteiger partial charge in [0, 0.05) is 50.5 Å². The lowest BCUT2D eigenvalue weighted by molar-refractivity contribution is 0.0705. The third-order valence-corrected chi connectivity index (χ3v) is 4.91. The quantitative estimate of drug-likeness (QED) is 0.904. The number of hydrogen-bond acceptors (Lipinski definition) is 3. The zero-order chi connectivity index (χ0) is 16.8. The summed E-state index contributed by atoms with van der Waals surface area (Å²) >= 11 is 0. The van der Waals surface area contributed by atoms with Crippen LogP contribution < -0.4 is 5.32 Å². The first-order valence-corrected chi connectivity index (χ1v) is 8.88. The molecule has 1 amide bonds. The Kier molecular flexibility index (Phi) is 5.70. The molecule has 0 atom stereocenters. The molecule has 128 valence electrons. The Balaban J connectivity index is 1.40. The summed E-state index contributed by atoms with van der Waals surface area (Å²) in [6, 6.07) is 10.1. The van der Waals surface area contributed by atoms with Crippen LogP contribution >= 0.6 is 0 Å². The number of piperidine rings is 1. The van der Waals surface area contributed by atoms with E-state index in [9.17, 15) is 4.79 Å². The van der Waals surface area contributed by atoms with E-state index in [0.717, 1.165) is 51.0 Å². The third kappa shape index (κ3) is 4.26. The van der Waals surface area contributed by atoms with Crippen LogP contribution in [0.15, 0.2) is 54.3 Å². The smallest absolute Gasteiger partial charge is 0.253 e. The highest BCUT2D eigenvalue weighted by Gasteiger charge is 2.23. The van der Waals surface area contributed by atoms with Crippen molar-refractivity contribution in [2.75, 3.05) is 33.2 Å². The maximum Gasteiger partial charge on any atom is 0.253 e. The fourth-order valence-electron chi connectivity index (χ4n) is 3.37. The molecule has 2 heterocycles. The van der Waals surface area contributed by atoms with E-state index >= 15 is 0 Å². The number of amides is 1. The number of likely N-dealkylation sites (tertiary alicyclic amines) is 1. The van der Waals surface area contributed by atoms with Gasteiger partial charge in [-0.15, -0.1) is 0 Å². The summed E-state index contributed by atoms with van der Waals surface area (Å²) in [6.45, 7) is 3.70. The van der Waals surface area contributed by atoms with Crippen LogP contribution in [0.1, 0.15) is 29.6 Å². The molecule has 0 aromatic heterocycles. The fourth-order valence-corrected chi connectivity index (χ4v) is 3.37. The first-order valence-electron chi connectivity index (χ1n) is 8.88. The average molecular weight is 325 g/mol. The van der Waals surface area contributed by atoms with Gasteiger partial charge in [0.1, 0.15) is 0 Å². The zero-order valence-corrected chi connectivity index (χ0v) is 14.4. The maximum atomic E-state index is 12.4. The second-order valence-electron chi connectivity index (χ2n) is 6.60. The lowest BCUT2D eigenvalue weighted by Crippen LogP contribution is -2.45. The van der Waals surface area contributed by atoms with E-state index in [1.165, 1.54) is 5.70 Å². The predicted molar refractivity (Wildman–Crippen MR) is 97.8 cm³/mol. The van der Waals surface area contributed by atoms with Crippen molar-refractivity contribution in [3.8, 4) is 0 Å². The molecular formula is C20H27N3O. The van der Waals surface area contributed by atoms with Crippen molar-refractivity contribution in [2.45, 2.75) is 25.3 Å².